The second-order valence-corrected chi connectivity index (χ2v) is 12.4. The SMILES string of the molecule is O=C(CS(=O)(=O)Cc1nnc(CS(=O)(=O)c2[nH]ncc2-c2ccccc2)o1)Nc1ncc(-c2ccccc2)[nH]1. The summed E-state index contributed by atoms with van der Waals surface area (Å²) in [6.07, 6.45) is 2.91. The van der Waals surface area contributed by atoms with E-state index in [1.54, 1.807) is 30.3 Å². The van der Waals surface area contributed by atoms with Gasteiger partial charge in [-0.15, -0.1) is 10.2 Å². The lowest BCUT2D eigenvalue weighted by Gasteiger charge is -2.04. The molecule has 0 aliphatic rings. The molecule has 2 aromatic carbocycles. The van der Waals surface area contributed by atoms with Gasteiger partial charge < -0.3 is 9.40 Å². The van der Waals surface area contributed by atoms with Gasteiger partial charge in [0.25, 0.3) is 0 Å². The minimum atomic E-state index is -4.03. The number of sulfone groups is 2. The van der Waals surface area contributed by atoms with Gasteiger partial charge in [-0.25, -0.2) is 21.8 Å². The number of nitrogens with zero attached hydrogens (tertiary/aromatic N) is 4. The van der Waals surface area contributed by atoms with E-state index in [9.17, 15) is 21.6 Å². The molecule has 39 heavy (non-hydrogen) atoms. The first kappa shape index (κ1) is 26.0. The Kier molecular flexibility index (Phi) is 7.08. The van der Waals surface area contributed by atoms with Gasteiger partial charge in [0, 0.05) is 5.56 Å². The van der Waals surface area contributed by atoms with Crippen molar-refractivity contribution in [2.24, 2.45) is 0 Å². The van der Waals surface area contributed by atoms with Crippen molar-refractivity contribution in [1.82, 2.24) is 30.4 Å². The third kappa shape index (κ3) is 6.27. The van der Waals surface area contributed by atoms with Gasteiger partial charge >= 0.3 is 0 Å². The smallest absolute Gasteiger partial charge is 0.241 e. The quantitative estimate of drug-likeness (QED) is 0.225. The van der Waals surface area contributed by atoms with Crippen LogP contribution in [0.1, 0.15) is 11.8 Å². The summed E-state index contributed by atoms with van der Waals surface area (Å²) in [6, 6.07) is 18.1. The Bertz CT molecular complexity index is 1810. The van der Waals surface area contributed by atoms with Crippen LogP contribution in [0.5, 0.6) is 0 Å². The molecular formula is C24H21N7O6S2. The van der Waals surface area contributed by atoms with Crippen LogP contribution >= 0.6 is 0 Å². The highest BCUT2D eigenvalue weighted by molar-refractivity contribution is 7.91. The van der Waals surface area contributed by atoms with E-state index in [0.717, 1.165) is 5.56 Å². The number of H-pyrrole nitrogens is 2. The molecule has 3 N–H and O–H groups in total. The van der Waals surface area contributed by atoms with Gasteiger partial charge in [0.1, 0.15) is 17.3 Å². The molecule has 200 valence electrons. The zero-order valence-electron chi connectivity index (χ0n) is 20.1. The maximum absolute atomic E-state index is 13.0. The number of carbonyl (C=O) groups is 1. The molecule has 5 aromatic rings. The van der Waals surface area contributed by atoms with E-state index in [-0.39, 0.29) is 22.8 Å². The molecule has 3 heterocycles. The first-order chi connectivity index (χ1) is 18.7. The molecule has 5 rings (SSSR count). The maximum atomic E-state index is 13.0. The Morgan fingerprint density at radius 1 is 0.846 bits per heavy atom. The molecule has 0 aliphatic carbocycles. The fourth-order valence-electron chi connectivity index (χ4n) is 3.73. The van der Waals surface area contributed by atoms with Crippen molar-refractivity contribution < 1.29 is 26.0 Å². The average molecular weight is 568 g/mol. The standard InChI is InChI=1S/C24H21N7O6S2/c32-20(28-24-25-12-19(27-24)17-9-5-2-6-10-17)13-38(33,34)14-21-29-30-22(37-21)15-39(35,36)23-18(11-26-31-23)16-7-3-1-4-8-16/h1-12H,13-15H2,(H,26,31)(H2,25,27,28,32). The van der Waals surface area contributed by atoms with Crippen molar-refractivity contribution in [3.8, 4) is 22.4 Å². The second-order valence-electron chi connectivity index (χ2n) is 8.42. The normalized spacial score (nSPS) is 11.9. The molecule has 0 spiro atoms. The molecule has 0 radical (unpaired) electrons. The summed E-state index contributed by atoms with van der Waals surface area (Å²) >= 11 is 0. The number of nitrogens with one attached hydrogen (secondary N) is 3. The van der Waals surface area contributed by atoms with Crippen LogP contribution in [-0.4, -0.2) is 58.9 Å². The van der Waals surface area contributed by atoms with Gasteiger partial charge in [-0.2, -0.15) is 5.10 Å². The number of amides is 1. The fraction of sp³-hybridized carbons (Fsp3) is 0.125. The molecule has 0 bridgehead atoms. The van der Waals surface area contributed by atoms with E-state index in [0.29, 0.717) is 16.8 Å². The van der Waals surface area contributed by atoms with Crippen LogP contribution in [0, 0.1) is 0 Å². The molecule has 3 aromatic heterocycles. The van der Waals surface area contributed by atoms with Crippen molar-refractivity contribution in [3.63, 3.8) is 0 Å². The highest BCUT2D eigenvalue weighted by Crippen LogP contribution is 2.27. The first-order valence-electron chi connectivity index (χ1n) is 11.4. The summed E-state index contributed by atoms with van der Waals surface area (Å²) in [4.78, 5) is 19.3. The summed E-state index contributed by atoms with van der Waals surface area (Å²) < 4.78 is 56.4. The van der Waals surface area contributed by atoms with E-state index in [1.165, 1.54) is 12.4 Å². The van der Waals surface area contributed by atoms with Crippen molar-refractivity contribution >= 4 is 31.5 Å². The number of aromatic nitrogens is 6. The predicted octanol–water partition coefficient (Wildman–Crippen LogP) is 2.38. The van der Waals surface area contributed by atoms with Gasteiger partial charge in [0.05, 0.1) is 18.1 Å². The highest BCUT2D eigenvalue weighted by Gasteiger charge is 2.27. The van der Waals surface area contributed by atoms with Gasteiger partial charge in [0.15, 0.2) is 14.9 Å². The summed E-state index contributed by atoms with van der Waals surface area (Å²) in [5, 5.41) is 15.9. The second kappa shape index (κ2) is 10.6. The van der Waals surface area contributed by atoms with Gasteiger partial charge in [-0.3, -0.25) is 15.2 Å². The van der Waals surface area contributed by atoms with E-state index >= 15 is 0 Å². The Hall–Kier alpha value is -4.63. The predicted molar refractivity (Wildman–Crippen MR) is 139 cm³/mol. The molecule has 0 aliphatic heterocycles. The van der Waals surface area contributed by atoms with E-state index in [2.05, 4.69) is 35.7 Å². The van der Waals surface area contributed by atoms with Crippen LogP contribution in [0.2, 0.25) is 0 Å². The summed E-state index contributed by atoms with van der Waals surface area (Å²) in [7, 11) is -8.02. The third-order valence-electron chi connectivity index (χ3n) is 5.44. The van der Waals surface area contributed by atoms with Gasteiger partial charge in [-0.05, 0) is 11.1 Å². The number of anilines is 1. The van der Waals surface area contributed by atoms with E-state index in [4.69, 9.17) is 4.42 Å². The fourth-order valence-corrected chi connectivity index (χ4v) is 6.08. The monoisotopic (exact) mass is 567 g/mol. The lowest BCUT2D eigenvalue weighted by molar-refractivity contribution is -0.113. The highest BCUT2D eigenvalue weighted by atomic mass is 32.2. The zero-order valence-corrected chi connectivity index (χ0v) is 21.7. The summed E-state index contributed by atoms with van der Waals surface area (Å²) in [5.74, 6) is -3.68. The third-order valence-corrected chi connectivity index (χ3v) is 8.38. The molecule has 0 unspecified atom stereocenters. The maximum Gasteiger partial charge on any atom is 0.241 e. The Morgan fingerprint density at radius 2 is 1.49 bits per heavy atom. The Morgan fingerprint density at radius 3 is 2.18 bits per heavy atom. The first-order valence-corrected chi connectivity index (χ1v) is 14.9. The number of hydrogen-bond donors (Lipinski definition) is 3. The van der Waals surface area contributed by atoms with Gasteiger partial charge in [-0.1, -0.05) is 60.7 Å². The molecule has 15 heteroatoms. The molecule has 13 nitrogen and oxygen atoms in total. The molecule has 0 saturated heterocycles. The minimum Gasteiger partial charge on any atom is -0.423 e. The number of carbonyl (C=O) groups excluding carboxylic acids is 1. The molecular weight excluding hydrogens is 546 g/mol. The van der Waals surface area contributed by atoms with Crippen LogP contribution in [0.4, 0.5) is 5.95 Å². The molecule has 0 atom stereocenters. The van der Waals surface area contributed by atoms with Crippen molar-refractivity contribution in [2.45, 2.75) is 16.5 Å². The Balaban J connectivity index is 1.21. The van der Waals surface area contributed by atoms with Crippen molar-refractivity contribution in [1.29, 1.82) is 0 Å². The zero-order chi connectivity index (χ0) is 27.5. The van der Waals surface area contributed by atoms with Crippen LogP contribution in [0.15, 0.2) is 82.5 Å². The lowest BCUT2D eigenvalue weighted by Crippen LogP contribution is -2.24. The van der Waals surface area contributed by atoms with Crippen molar-refractivity contribution in [2.75, 3.05) is 11.1 Å². The van der Waals surface area contributed by atoms with Crippen LogP contribution in [0.3, 0.4) is 0 Å². The minimum absolute atomic E-state index is 0.0908. The number of imidazole rings is 1. The Labute approximate surface area is 222 Å². The number of rotatable bonds is 10. The van der Waals surface area contributed by atoms with Gasteiger partial charge in [0.2, 0.25) is 33.5 Å². The molecule has 0 fully saturated rings. The molecule has 1 amide bonds. The number of aromatic amines is 2. The topological polar surface area (TPSA) is 194 Å². The number of hydrogen-bond acceptors (Lipinski definition) is 10. The lowest BCUT2D eigenvalue weighted by atomic mass is 10.1. The summed E-state index contributed by atoms with van der Waals surface area (Å²) in [5.41, 5.74) is 2.51. The van der Waals surface area contributed by atoms with Crippen LogP contribution < -0.4 is 5.32 Å². The number of benzene rings is 2. The average Bonchev–Trinajstić information content (AvgIpc) is 3.66. The van der Waals surface area contributed by atoms with Crippen molar-refractivity contribution in [3.05, 3.63) is 84.8 Å². The molecule has 0 saturated carbocycles. The van der Waals surface area contributed by atoms with Crippen LogP contribution in [-0.2, 0) is 36.0 Å². The largest absolute Gasteiger partial charge is 0.423 e. The van der Waals surface area contributed by atoms with E-state index < -0.39 is 42.8 Å². The van der Waals surface area contributed by atoms with E-state index in [1.807, 2.05) is 30.3 Å². The summed E-state index contributed by atoms with van der Waals surface area (Å²) in [6.45, 7) is 0. The van der Waals surface area contributed by atoms with Crippen LogP contribution in [0.25, 0.3) is 22.4 Å².